The molecule has 4 nitrogen and oxygen atoms in total. The van der Waals surface area contributed by atoms with Gasteiger partial charge in [-0.25, -0.2) is 0 Å². The molecule has 0 aromatic heterocycles. The first-order valence-corrected chi connectivity index (χ1v) is 8.35. The lowest BCUT2D eigenvalue weighted by Crippen LogP contribution is -2.30. The molecule has 2 aromatic rings. The number of hydrogen-bond donors (Lipinski definition) is 0. The van der Waals surface area contributed by atoms with E-state index in [-0.39, 0.29) is 17.7 Å². The van der Waals surface area contributed by atoms with Gasteiger partial charge in [-0.1, -0.05) is 6.07 Å². The van der Waals surface area contributed by atoms with Crippen LogP contribution in [0.3, 0.4) is 0 Å². The fourth-order valence-corrected chi connectivity index (χ4v) is 3.20. The molecule has 0 fully saturated rings. The number of ether oxygens (including phenoxy) is 2. The van der Waals surface area contributed by atoms with Gasteiger partial charge < -0.3 is 9.47 Å². The summed E-state index contributed by atoms with van der Waals surface area (Å²) in [5.74, 6) is 1.57. The first-order valence-electron chi connectivity index (χ1n) is 8.35. The third-order valence-corrected chi connectivity index (χ3v) is 4.43. The van der Waals surface area contributed by atoms with Gasteiger partial charge in [0.15, 0.2) is 5.78 Å². The second-order valence-electron chi connectivity index (χ2n) is 6.90. The van der Waals surface area contributed by atoms with Crippen molar-refractivity contribution in [2.75, 3.05) is 14.2 Å². The Hall–Kier alpha value is -2.62. The van der Waals surface area contributed by atoms with E-state index in [4.69, 9.17) is 14.5 Å². The number of nitrogens with zero attached hydrogens (tertiary/aromatic N) is 1. The van der Waals surface area contributed by atoms with Crippen molar-refractivity contribution in [3.8, 4) is 11.5 Å². The maximum atomic E-state index is 12.7. The number of carbonyl (C=O) groups excluding carboxylic acids is 1. The van der Waals surface area contributed by atoms with Crippen molar-refractivity contribution in [1.82, 2.24) is 0 Å². The zero-order valence-corrected chi connectivity index (χ0v) is 15.1. The van der Waals surface area contributed by atoms with E-state index >= 15 is 0 Å². The number of Topliss-reactive ketones (excluding diaryl/α,β-unsaturated/α-hetero) is 1. The van der Waals surface area contributed by atoms with Gasteiger partial charge in [0, 0.05) is 11.1 Å². The average molecular weight is 337 g/mol. The molecule has 0 saturated carbocycles. The van der Waals surface area contributed by atoms with Crippen LogP contribution in [0.15, 0.2) is 47.5 Å². The molecule has 0 amide bonds. The van der Waals surface area contributed by atoms with Gasteiger partial charge in [0.25, 0.3) is 0 Å². The summed E-state index contributed by atoms with van der Waals surface area (Å²) in [5.41, 5.74) is 3.50. The molecule has 130 valence electrons. The van der Waals surface area contributed by atoms with Crippen LogP contribution in [0.25, 0.3) is 0 Å². The van der Waals surface area contributed by atoms with E-state index in [9.17, 15) is 4.79 Å². The van der Waals surface area contributed by atoms with Crippen LogP contribution in [0, 0.1) is 0 Å². The van der Waals surface area contributed by atoms with Crippen LogP contribution >= 0.6 is 0 Å². The van der Waals surface area contributed by atoms with Crippen LogP contribution in [-0.4, -0.2) is 31.3 Å². The number of carbonyl (C=O) groups is 1. The third-order valence-electron chi connectivity index (χ3n) is 4.43. The molecule has 0 radical (unpaired) electrons. The van der Waals surface area contributed by atoms with Gasteiger partial charge in [-0.2, -0.15) is 0 Å². The highest BCUT2D eigenvalue weighted by molar-refractivity contribution is 6.17. The standard InChI is InChI=1S/C21H23NO3/c1-21(2)13-15-7-10-17(25-4)11-18(15)19(22-21)12-20(23)14-5-8-16(24-3)9-6-14/h5-11H,12-13H2,1-4H3. The Morgan fingerprint density at radius 2 is 1.68 bits per heavy atom. The lowest BCUT2D eigenvalue weighted by Gasteiger charge is -2.29. The zero-order valence-electron chi connectivity index (χ0n) is 15.1. The minimum atomic E-state index is -0.211. The van der Waals surface area contributed by atoms with E-state index in [1.54, 1.807) is 38.5 Å². The molecule has 0 N–H and O–H groups in total. The maximum absolute atomic E-state index is 12.7. The Labute approximate surface area is 148 Å². The fraction of sp³-hybridized carbons (Fsp3) is 0.333. The predicted molar refractivity (Wildman–Crippen MR) is 99.3 cm³/mol. The van der Waals surface area contributed by atoms with Crippen molar-refractivity contribution < 1.29 is 14.3 Å². The Morgan fingerprint density at radius 1 is 1.04 bits per heavy atom. The normalized spacial score (nSPS) is 15.1. The Balaban J connectivity index is 1.91. The number of hydrogen-bond acceptors (Lipinski definition) is 4. The van der Waals surface area contributed by atoms with Crippen molar-refractivity contribution in [2.24, 2.45) is 4.99 Å². The van der Waals surface area contributed by atoms with Crippen molar-refractivity contribution >= 4 is 11.5 Å². The summed E-state index contributed by atoms with van der Waals surface area (Å²) in [6.45, 7) is 4.19. The van der Waals surface area contributed by atoms with Gasteiger partial charge in [0.05, 0.1) is 31.9 Å². The molecule has 4 heteroatoms. The lowest BCUT2D eigenvalue weighted by atomic mass is 9.85. The second kappa shape index (κ2) is 6.71. The smallest absolute Gasteiger partial charge is 0.168 e. The first-order chi connectivity index (χ1) is 11.9. The molecule has 1 heterocycles. The summed E-state index contributed by atoms with van der Waals surface area (Å²) in [6, 6.07) is 13.2. The molecule has 1 aliphatic heterocycles. The molecule has 0 aliphatic carbocycles. The highest BCUT2D eigenvalue weighted by Gasteiger charge is 2.28. The first kappa shape index (κ1) is 17.2. The number of rotatable bonds is 5. The monoisotopic (exact) mass is 337 g/mol. The molecular formula is C21H23NO3. The van der Waals surface area contributed by atoms with E-state index in [0.717, 1.165) is 29.2 Å². The van der Waals surface area contributed by atoms with Crippen LogP contribution in [0.5, 0.6) is 11.5 Å². The number of fused-ring (bicyclic) bond motifs is 1. The summed E-state index contributed by atoms with van der Waals surface area (Å²) in [7, 11) is 3.26. The molecular weight excluding hydrogens is 314 g/mol. The molecule has 25 heavy (non-hydrogen) atoms. The van der Waals surface area contributed by atoms with Crippen LogP contribution < -0.4 is 9.47 Å². The molecule has 0 saturated heterocycles. The molecule has 0 unspecified atom stereocenters. The number of ketones is 1. The lowest BCUT2D eigenvalue weighted by molar-refractivity contribution is 0.100. The van der Waals surface area contributed by atoms with Crippen molar-refractivity contribution in [3.05, 3.63) is 59.2 Å². The Morgan fingerprint density at radius 3 is 2.32 bits per heavy atom. The van der Waals surface area contributed by atoms with Gasteiger partial charge >= 0.3 is 0 Å². The molecule has 1 aliphatic rings. The minimum absolute atomic E-state index is 0.0490. The maximum Gasteiger partial charge on any atom is 0.168 e. The van der Waals surface area contributed by atoms with Gasteiger partial charge in [-0.15, -0.1) is 0 Å². The van der Waals surface area contributed by atoms with Gasteiger partial charge in [-0.3, -0.25) is 9.79 Å². The second-order valence-corrected chi connectivity index (χ2v) is 6.90. The van der Waals surface area contributed by atoms with Crippen LogP contribution in [-0.2, 0) is 6.42 Å². The minimum Gasteiger partial charge on any atom is -0.497 e. The van der Waals surface area contributed by atoms with Gasteiger partial charge in [0.1, 0.15) is 11.5 Å². The fourth-order valence-electron chi connectivity index (χ4n) is 3.20. The highest BCUT2D eigenvalue weighted by atomic mass is 16.5. The van der Waals surface area contributed by atoms with E-state index < -0.39 is 0 Å². The number of aliphatic imine (C=N–C) groups is 1. The van der Waals surface area contributed by atoms with Gasteiger partial charge in [0.2, 0.25) is 0 Å². The Bertz CT molecular complexity index is 820. The van der Waals surface area contributed by atoms with E-state index in [1.807, 2.05) is 12.1 Å². The van der Waals surface area contributed by atoms with Gasteiger partial charge in [-0.05, 0) is 62.2 Å². The summed E-state index contributed by atoms with van der Waals surface area (Å²) in [4.78, 5) is 17.6. The van der Waals surface area contributed by atoms with Crippen molar-refractivity contribution in [1.29, 1.82) is 0 Å². The molecule has 0 spiro atoms. The van der Waals surface area contributed by atoms with Crippen LogP contribution in [0.2, 0.25) is 0 Å². The molecule has 0 atom stereocenters. The molecule has 0 bridgehead atoms. The molecule has 3 rings (SSSR count). The summed E-state index contributed by atoms with van der Waals surface area (Å²) in [5, 5.41) is 0. The van der Waals surface area contributed by atoms with E-state index in [1.165, 1.54) is 5.56 Å². The van der Waals surface area contributed by atoms with Crippen molar-refractivity contribution in [2.45, 2.75) is 32.2 Å². The van der Waals surface area contributed by atoms with Crippen molar-refractivity contribution in [3.63, 3.8) is 0 Å². The van der Waals surface area contributed by atoms with Crippen LogP contribution in [0.1, 0.15) is 41.8 Å². The van der Waals surface area contributed by atoms with E-state index in [2.05, 4.69) is 19.9 Å². The average Bonchev–Trinajstić information content (AvgIpc) is 2.60. The third kappa shape index (κ3) is 3.73. The van der Waals surface area contributed by atoms with Crippen LogP contribution in [0.4, 0.5) is 0 Å². The SMILES string of the molecule is COc1ccc(C(=O)CC2=NC(C)(C)Cc3ccc(OC)cc32)cc1. The predicted octanol–water partition coefficient (Wildman–Crippen LogP) is 4.10. The number of benzene rings is 2. The Kier molecular flexibility index (Phi) is 4.62. The summed E-state index contributed by atoms with van der Waals surface area (Å²) in [6.07, 6.45) is 1.13. The number of methoxy groups -OCH3 is 2. The van der Waals surface area contributed by atoms with E-state index in [0.29, 0.717) is 5.56 Å². The largest absolute Gasteiger partial charge is 0.497 e. The quantitative estimate of drug-likeness (QED) is 0.772. The molecule has 2 aromatic carbocycles. The summed E-state index contributed by atoms with van der Waals surface area (Å²) < 4.78 is 10.5. The topological polar surface area (TPSA) is 47.9 Å². The summed E-state index contributed by atoms with van der Waals surface area (Å²) >= 11 is 0. The zero-order chi connectivity index (χ0) is 18.0. The highest BCUT2D eigenvalue weighted by Crippen LogP contribution is 2.31.